The van der Waals surface area contributed by atoms with Crippen molar-refractivity contribution >= 4 is 22.9 Å². The third-order valence-electron chi connectivity index (χ3n) is 1.15. The third kappa shape index (κ3) is 2.20. The van der Waals surface area contributed by atoms with Crippen LogP contribution in [0.5, 0.6) is 0 Å². The van der Waals surface area contributed by atoms with Gasteiger partial charge in [-0.1, -0.05) is 12.6 Å². The van der Waals surface area contributed by atoms with E-state index in [0.29, 0.717) is 5.70 Å². The summed E-state index contributed by atoms with van der Waals surface area (Å²) in [5, 5.41) is 4.57. The molecular weight excluding hydrogens is 158 g/mol. The molecule has 1 rings (SSSR count). The number of thiophene rings is 1. The van der Waals surface area contributed by atoms with E-state index in [-0.39, 0.29) is 5.91 Å². The molecule has 11 heavy (non-hydrogen) atoms. The first-order chi connectivity index (χ1) is 5.20. The van der Waals surface area contributed by atoms with Crippen molar-refractivity contribution in [1.82, 2.24) is 5.32 Å². The molecule has 0 saturated carbocycles. The molecule has 0 spiro atoms. The molecule has 0 aromatic carbocycles. The molecule has 1 amide bonds. The van der Waals surface area contributed by atoms with Gasteiger partial charge in [-0.3, -0.25) is 4.79 Å². The summed E-state index contributed by atoms with van der Waals surface area (Å²) in [5.41, 5.74) is 0.674. The topological polar surface area (TPSA) is 29.1 Å². The Hall–Kier alpha value is -1.09. The Morgan fingerprint density at radius 2 is 2.45 bits per heavy atom. The molecule has 0 bridgehead atoms. The van der Waals surface area contributed by atoms with Crippen molar-refractivity contribution in [1.29, 1.82) is 0 Å². The highest BCUT2D eigenvalue weighted by Crippen LogP contribution is 2.15. The van der Waals surface area contributed by atoms with Gasteiger partial charge in [0.2, 0.25) is 5.91 Å². The van der Waals surface area contributed by atoms with Crippen LogP contribution in [0.15, 0.2) is 24.1 Å². The van der Waals surface area contributed by atoms with Crippen LogP contribution < -0.4 is 5.32 Å². The predicted molar refractivity (Wildman–Crippen MR) is 47.2 cm³/mol. The summed E-state index contributed by atoms with van der Waals surface area (Å²) in [4.78, 5) is 11.6. The monoisotopic (exact) mass is 167 g/mol. The Kier molecular flexibility index (Phi) is 2.44. The summed E-state index contributed by atoms with van der Waals surface area (Å²) in [7, 11) is 0. The minimum Gasteiger partial charge on any atom is -0.326 e. The van der Waals surface area contributed by atoms with Gasteiger partial charge in [0.25, 0.3) is 0 Å². The van der Waals surface area contributed by atoms with Crippen LogP contribution in [0, 0.1) is 0 Å². The maximum atomic E-state index is 10.6. The van der Waals surface area contributed by atoms with Crippen LogP contribution in [0.25, 0.3) is 5.70 Å². The van der Waals surface area contributed by atoms with Crippen LogP contribution in [-0.4, -0.2) is 5.91 Å². The number of hydrogen-bond acceptors (Lipinski definition) is 2. The number of nitrogens with one attached hydrogen (secondary N) is 1. The lowest BCUT2D eigenvalue weighted by atomic mass is 10.4. The quantitative estimate of drug-likeness (QED) is 0.715. The molecule has 0 aliphatic rings. The van der Waals surface area contributed by atoms with Crippen LogP contribution in [0.2, 0.25) is 0 Å². The van der Waals surface area contributed by atoms with Crippen LogP contribution >= 0.6 is 11.3 Å². The van der Waals surface area contributed by atoms with E-state index in [9.17, 15) is 4.79 Å². The second kappa shape index (κ2) is 3.34. The molecule has 58 valence electrons. The highest BCUT2D eigenvalue weighted by atomic mass is 32.1. The molecule has 0 aliphatic carbocycles. The molecule has 0 fully saturated rings. The number of amides is 1. The van der Waals surface area contributed by atoms with Crippen LogP contribution in [0.4, 0.5) is 0 Å². The SMILES string of the molecule is C=C(NC(C)=O)c1cccs1. The fourth-order valence-corrected chi connectivity index (χ4v) is 1.38. The van der Waals surface area contributed by atoms with Crippen molar-refractivity contribution in [3.05, 3.63) is 29.0 Å². The number of carbonyl (C=O) groups excluding carboxylic acids is 1. The summed E-state index contributed by atoms with van der Waals surface area (Å²) in [6, 6.07) is 3.84. The Morgan fingerprint density at radius 1 is 1.73 bits per heavy atom. The average molecular weight is 167 g/mol. The molecule has 0 unspecified atom stereocenters. The van der Waals surface area contributed by atoms with E-state index in [1.807, 2.05) is 17.5 Å². The molecule has 1 aromatic rings. The summed E-state index contributed by atoms with van der Waals surface area (Å²) in [6.07, 6.45) is 0. The zero-order chi connectivity index (χ0) is 8.27. The van der Waals surface area contributed by atoms with Crippen molar-refractivity contribution in [3.63, 3.8) is 0 Å². The van der Waals surface area contributed by atoms with Gasteiger partial charge in [-0.25, -0.2) is 0 Å². The second-order valence-electron chi connectivity index (χ2n) is 2.14. The molecule has 1 N–H and O–H groups in total. The molecule has 3 heteroatoms. The smallest absolute Gasteiger partial charge is 0.221 e. The fourth-order valence-electron chi connectivity index (χ4n) is 0.724. The van der Waals surface area contributed by atoms with E-state index in [0.717, 1.165) is 4.88 Å². The average Bonchev–Trinajstić information content (AvgIpc) is 2.35. The van der Waals surface area contributed by atoms with Gasteiger partial charge in [-0.15, -0.1) is 11.3 Å². The van der Waals surface area contributed by atoms with Crippen molar-refractivity contribution in [2.45, 2.75) is 6.92 Å². The summed E-state index contributed by atoms with van der Waals surface area (Å²) < 4.78 is 0. The Morgan fingerprint density at radius 3 is 2.91 bits per heavy atom. The zero-order valence-corrected chi connectivity index (χ0v) is 7.07. The Balaban J connectivity index is 2.64. The number of carbonyl (C=O) groups is 1. The lowest BCUT2D eigenvalue weighted by Gasteiger charge is -2.01. The summed E-state index contributed by atoms with van der Waals surface area (Å²) >= 11 is 1.56. The van der Waals surface area contributed by atoms with Crippen molar-refractivity contribution in [2.75, 3.05) is 0 Å². The van der Waals surface area contributed by atoms with E-state index >= 15 is 0 Å². The molecule has 0 saturated heterocycles. The summed E-state index contributed by atoms with van der Waals surface area (Å²) in [5.74, 6) is -0.0802. The first kappa shape index (κ1) is 8.01. The number of rotatable bonds is 2. The zero-order valence-electron chi connectivity index (χ0n) is 6.26. The van der Waals surface area contributed by atoms with Gasteiger partial charge in [0.1, 0.15) is 0 Å². The lowest BCUT2D eigenvalue weighted by Crippen LogP contribution is -2.16. The van der Waals surface area contributed by atoms with Crippen molar-refractivity contribution in [3.8, 4) is 0 Å². The number of hydrogen-bond donors (Lipinski definition) is 1. The third-order valence-corrected chi connectivity index (χ3v) is 2.08. The van der Waals surface area contributed by atoms with Crippen LogP contribution in [-0.2, 0) is 4.79 Å². The standard InChI is InChI=1S/C8H9NOS/c1-6(9-7(2)10)8-4-3-5-11-8/h3-5H,1H2,2H3,(H,9,10). The fraction of sp³-hybridized carbons (Fsp3) is 0.125. The van der Waals surface area contributed by atoms with Gasteiger partial charge in [0, 0.05) is 11.8 Å². The van der Waals surface area contributed by atoms with E-state index in [1.54, 1.807) is 11.3 Å². The molecule has 2 nitrogen and oxygen atoms in total. The van der Waals surface area contributed by atoms with Crippen LogP contribution in [0.3, 0.4) is 0 Å². The molecule has 1 heterocycles. The maximum Gasteiger partial charge on any atom is 0.221 e. The van der Waals surface area contributed by atoms with E-state index in [2.05, 4.69) is 11.9 Å². The molecule has 0 radical (unpaired) electrons. The Bertz CT molecular complexity index is 264. The largest absolute Gasteiger partial charge is 0.326 e. The molecular formula is C8H9NOS. The van der Waals surface area contributed by atoms with Gasteiger partial charge >= 0.3 is 0 Å². The highest BCUT2D eigenvalue weighted by Gasteiger charge is 1.99. The van der Waals surface area contributed by atoms with E-state index in [1.165, 1.54) is 6.92 Å². The molecule has 0 atom stereocenters. The maximum absolute atomic E-state index is 10.6. The van der Waals surface area contributed by atoms with Crippen molar-refractivity contribution < 1.29 is 4.79 Å². The van der Waals surface area contributed by atoms with Gasteiger partial charge in [-0.2, -0.15) is 0 Å². The Labute approximate surface area is 69.6 Å². The van der Waals surface area contributed by atoms with E-state index in [4.69, 9.17) is 0 Å². The highest BCUT2D eigenvalue weighted by molar-refractivity contribution is 7.11. The van der Waals surface area contributed by atoms with Gasteiger partial charge in [0.05, 0.1) is 5.70 Å². The predicted octanol–water partition coefficient (Wildman–Crippen LogP) is 1.85. The first-order valence-corrected chi connectivity index (χ1v) is 4.08. The minimum atomic E-state index is -0.0802. The normalized spacial score (nSPS) is 9.18. The van der Waals surface area contributed by atoms with Gasteiger partial charge in [-0.05, 0) is 11.4 Å². The van der Waals surface area contributed by atoms with Gasteiger partial charge < -0.3 is 5.32 Å². The van der Waals surface area contributed by atoms with Gasteiger partial charge in [0.15, 0.2) is 0 Å². The van der Waals surface area contributed by atoms with Crippen LogP contribution in [0.1, 0.15) is 11.8 Å². The lowest BCUT2D eigenvalue weighted by molar-refractivity contribution is -0.117. The second-order valence-corrected chi connectivity index (χ2v) is 3.08. The first-order valence-electron chi connectivity index (χ1n) is 3.20. The van der Waals surface area contributed by atoms with E-state index < -0.39 is 0 Å². The molecule has 0 aliphatic heterocycles. The summed E-state index contributed by atoms with van der Waals surface area (Å²) in [6.45, 7) is 5.19. The molecule has 1 aromatic heterocycles. The minimum absolute atomic E-state index is 0.0802. The van der Waals surface area contributed by atoms with Crippen molar-refractivity contribution in [2.24, 2.45) is 0 Å².